The van der Waals surface area contributed by atoms with Crippen molar-refractivity contribution >= 4 is 40.9 Å². The van der Waals surface area contributed by atoms with Crippen molar-refractivity contribution in [3.63, 3.8) is 0 Å². The third kappa shape index (κ3) is 5.71. The van der Waals surface area contributed by atoms with E-state index in [1.807, 2.05) is 24.3 Å². The molecule has 0 saturated heterocycles. The molecule has 0 aliphatic carbocycles. The molecule has 3 aromatic rings. The lowest BCUT2D eigenvalue weighted by Crippen LogP contribution is -2.35. The summed E-state index contributed by atoms with van der Waals surface area (Å²) in [5, 5.41) is 3.18. The van der Waals surface area contributed by atoms with Gasteiger partial charge >= 0.3 is 0 Å². The molecule has 1 heterocycles. The Bertz CT molecular complexity index is 1270. The summed E-state index contributed by atoms with van der Waals surface area (Å²) in [5.41, 5.74) is 2.71. The standard InChI is InChI=1S/C26H24ClFN2O4S/c1-33-22-7-3-16(11-23(22)34-2)9-10-29-26(32)17-5-8-24-21(12-17)30(25(31)15-35-24)14-18-4-6-19(28)13-20(18)27/h3-8,11-13H,9-10,14-15H2,1-2H3,(H,29,32). The van der Waals surface area contributed by atoms with Gasteiger partial charge in [0.05, 0.1) is 32.2 Å². The highest BCUT2D eigenvalue weighted by atomic mass is 35.5. The Balaban J connectivity index is 1.47. The van der Waals surface area contributed by atoms with E-state index in [0.717, 1.165) is 10.5 Å². The lowest BCUT2D eigenvalue weighted by molar-refractivity contribution is -0.116. The van der Waals surface area contributed by atoms with Gasteiger partial charge in [0.2, 0.25) is 5.91 Å². The number of fused-ring (bicyclic) bond motifs is 1. The first-order valence-electron chi connectivity index (χ1n) is 10.9. The molecule has 0 spiro atoms. The van der Waals surface area contributed by atoms with E-state index in [1.54, 1.807) is 37.3 Å². The predicted molar refractivity (Wildman–Crippen MR) is 135 cm³/mol. The molecule has 0 atom stereocenters. The number of anilines is 1. The van der Waals surface area contributed by atoms with Gasteiger partial charge in [0, 0.05) is 22.0 Å². The van der Waals surface area contributed by atoms with Gasteiger partial charge in [-0.3, -0.25) is 9.59 Å². The van der Waals surface area contributed by atoms with Crippen LogP contribution < -0.4 is 19.7 Å². The van der Waals surface area contributed by atoms with Gasteiger partial charge < -0.3 is 19.7 Å². The maximum atomic E-state index is 13.4. The molecule has 2 amide bonds. The monoisotopic (exact) mass is 514 g/mol. The van der Waals surface area contributed by atoms with Crippen molar-refractivity contribution in [1.29, 1.82) is 0 Å². The average Bonchev–Trinajstić information content (AvgIpc) is 2.86. The minimum atomic E-state index is -0.438. The molecule has 35 heavy (non-hydrogen) atoms. The van der Waals surface area contributed by atoms with Crippen molar-refractivity contribution in [2.45, 2.75) is 17.9 Å². The second-order valence-corrected chi connectivity index (χ2v) is 9.31. The molecule has 0 bridgehead atoms. The molecule has 6 nitrogen and oxygen atoms in total. The normalized spacial score (nSPS) is 12.8. The average molecular weight is 515 g/mol. The molecule has 0 unspecified atom stereocenters. The number of amides is 2. The highest BCUT2D eigenvalue weighted by molar-refractivity contribution is 8.00. The fourth-order valence-corrected chi connectivity index (χ4v) is 4.94. The largest absolute Gasteiger partial charge is 0.493 e. The Kier molecular flexibility index (Phi) is 7.83. The van der Waals surface area contributed by atoms with Crippen molar-refractivity contribution < 1.29 is 23.5 Å². The van der Waals surface area contributed by atoms with E-state index in [-0.39, 0.29) is 29.1 Å². The smallest absolute Gasteiger partial charge is 0.251 e. The van der Waals surface area contributed by atoms with Crippen LogP contribution in [0, 0.1) is 5.82 Å². The molecule has 1 N–H and O–H groups in total. The van der Waals surface area contributed by atoms with Gasteiger partial charge in [-0.1, -0.05) is 23.7 Å². The van der Waals surface area contributed by atoms with Crippen LogP contribution in [0.25, 0.3) is 0 Å². The number of halogens is 2. The molecule has 0 radical (unpaired) electrons. The van der Waals surface area contributed by atoms with Gasteiger partial charge in [0.15, 0.2) is 11.5 Å². The summed E-state index contributed by atoms with van der Waals surface area (Å²) in [6.07, 6.45) is 0.612. The molecule has 182 valence electrons. The van der Waals surface area contributed by atoms with Crippen LogP contribution in [0.4, 0.5) is 10.1 Å². The van der Waals surface area contributed by atoms with Crippen molar-refractivity contribution in [3.05, 3.63) is 82.1 Å². The van der Waals surface area contributed by atoms with Crippen molar-refractivity contribution in [1.82, 2.24) is 5.32 Å². The highest BCUT2D eigenvalue weighted by Crippen LogP contribution is 2.37. The Labute approximate surface area is 212 Å². The molecular formula is C26H24ClFN2O4S. The zero-order valence-corrected chi connectivity index (χ0v) is 20.8. The number of carbonyl (C=O) groups is 2. The van der Waals surface area contributed by atoms with Crippen LogP contribution >= 0.6 is 23.4 Å². The molecule has 0 aromatic heterocycles. The first-order chi connectivity index (χ1) is 16.9. The van der Waals surface area contributed by atoms with Crippen LogP contribution in [0.5, 0.6) is 11.5 Å². The minimum Gasteiger partial charge on any atom is -0.493 e. The van der Waals surface area contributed by atoms with Crippen LogP contribution in [0.15, 0.2) is 59.5 Å². The number of thioether (sulfide) groups is 1. The zero-order chi connectivity index (χ0) is 24.9. The summed E-state index contributed by atoms with van der Waals surface area (Å²) >= 11 is 7.61. The number of nitrogens with one attached hydrogen (secondary N) is 1. The fraction of sp³-hybridized carbons (Fsp3) is 0.231. The number of hydrogen-bond acceptors (Lipinski definition) is 5. The summed E-state index contributed by atoms with van der Waals surface area (Å²) < 4.78 is 24.0. The minimum absolute atomic E-state index is 0.103. The summed E-state index contributed by atoms with van der Waals surface area (Å²) in [6.45, 7) is 0.615. The summed E-state index contributed by atoms with van der Waals surface area (Å²) in [6, 6.07) is 15.0. The number of methoxy groups -OCH3 is 2. The van der Waals surface area contributed by atoms with Gasteiger partial charge in [0.1, 0.15) is 5.82 Å². The third-order valence-electron chi connectivity index (χ3n) is 5.65. The van der Waals surface area contributed by atoms with Crippen molar-refractivity contribution in [2.75, 3.05) is 31.4 Å². The first-order valence-corrected chi connectivity index (χ1v) is 12.3. The van der Waals surface area contributed by atoms with E-state index < -0.39 is 5.82 Å². The molecule has 9 heteroatoms. The van der Waals surface area contributed by atoms with Gasteiger partial charge in [-0.15, -0.1) is 11.8 Å². The Morgan fingerprint density at radius 1 is 1.09 bits per heavy atom. The van der Waals surface area contributed by atoms with Crippen LogP contribution in [0.3, 0.4) is 0 Å². The van der Waals surface area contributed by atoms with Crippen LogP contribution in [-0.4, -0.2) is 38.3 Å². The number of carbonyl (C=O) groups excluding carboxylic acids is 2. The molecule has 0 saturated carbocycles. The van der Waals surface area contributed by atoms with Gasteiger partial charge in [-0.25, -0.2) is 4.39 Å². The lowest BCUT2D eigenvalue weighted by Gasteiger charge is -2.29. The fourth-order valence-electron chi connectivity index (χ4n) is 3.80. The Hall–Kier alpha value is -3.23. The predicted octanol–water partition coefficient (Wildman–Crippen LogP) is 5.11. The van der Waals surface area contributed by atoms with E-state index in [0.29, 0.717) is 41.3 Å². The molecule has 1 aliphatic rings. The molecular weight excluding hydrogens is 491 g/mol. The number of hydrogen-bond donors (Lipinski definition) is 1. The van der Waals surface area contributed by atoms with E-state index in [1.165, 1.54) is 23.9 Å². The summed E-state index contributed by atoms with van der Waals surface area (Å²) in [7, 11) is 3.16. The molecule has 1 aliphatic heterocycles. The molecule has 3 aromatic carbocycles. The van der Waals surface area contributed by atoms with E-state index >= 15 is 0 Å². The Morgan fingerprint density at radius 3 is 2.63 bits per heavy atom. The van der Waals surface area contributed by atoms with Gasteiger partial charge in [0.25, 0.3) is 5.91 Å². The zero-order valence-electron chi connectivity index (χ0n) is 19.3. The molecule has 4 rings (SSSR count). The maximum absolute atomic E-state index is 13.4. The van der Waals surface area contributed by atoms with Crippen molar-refractivity contribution in [2.24, 2.45) is 0 Å². The van der Waals surface area contributed by atoms with Crippen LogP contribution in [-0.2, 0) is 17.8 Å². The highest BCUT2D eigenvalue weighted by Gasteiger charge is 2.26. The maximum Gasteiger partial charge on any atom is 0.251 e. The van der Waals surface area contributed by atoms with Gasteiger partial charge in [-0.05, 0) is 60.0 Å². The quantitative estimate of drug-likeness (QED) is 0.452. The van der Waals surface area contributed by atoms with Crippen molar-refractivity contribution in [3.8, 4) is 11.5 Å². The SMILES string of the molecule is COc1ccc(CCNC(=O)c2ccc3c(c2)N(Cc2ccc(F)cc2Cl)C(=O)CS3)cc1OC. The van der Waals surface area contributed by atoms with Gasteiger partial charge in [-0.2, -0.15) is 0 Å². The number of ether oxygens (including phenoxy) is 2. The second kappa shape index (κ2) is 11.0. The van der Waals surface area contributed by atoms with E-state index in [2.05, 4.69) is 5.32 Å². The second-order valence-electron chi connectivity index (χ2n) is 7.88. The Morgan fingerprint density at radius 2 is 1.89 bits per heavy atom. The topological polar surface area (TPSA) is 67.9 Å². The van der Waals surface area contributed by atoms with Crippen LogP contribution in [0.2, 0.25) is 5.02 Å². The summed E-state index contributed by atoms with van der Waals surface area (Å²) in [5.74, 6) is 0.780. The number of benzene rings is 3. The van der Waals surface area contributed by atoms with Crippen LogP contribution in [0.1, 0.15) is 21.5 Å². The lowest BCUT2D eigenvalue weighted by atomic mass is 10.1. The molecule has 0 fully saturated rings. The summed E-state index contributed by atoms with van der Waals surface area (Å²) in [4.78, 5) is 28.1. The van der Waals surface area contributed by atoms with E-state index in [4.69, 9.17) is 21.1 Å². The number of nitrogens with zero attached hydrogens (tertiary/aromatic N) is 1. The first kappa shape index (κ1) is 24.9. The third-order valence-corrected chi connectivity index (χ3v) is 7.05. The number of rotatable bonds is 8. The van der Waals surface area contributed by atoms with E-state index in [9.17, 15) is 14.0 Å².